The minimum atomic E-state index is 0.424. The largest absolute Gasteiger partial charge is 0.256 e. The maximum atomic E-state index is 4.87. The molecule has 6 rings (SSSR count). The molecule has 5 aromatic carbocycles. The van der Waals surface area contributed by atoms with Crippen molar-refractivity contribution in [3.63, 3.8) is 0 Å². The van der Waals surface area contributed by atoms with Gasteiger partial charge >= 0.3 is 0 Å². The number of rotatable bonds is 4. The highest BCUT2D eigenvalue weighted by Crippen LogP contribution is 2.36. The summed E-state index contributed by atoms with van der Waals surface area (Å²) < 4.78 is 0. The molecule has 0 aliphatic carbocycles. The molecular weight excluding hydrogens is 422 g/mol. The van der Waals surface area contributed by atoms with Gasteiger partial charge < -0.3 is 0 Å². The van der Waals surface area contributed by atoms with Crippen LogP contribution in [0, 0.1) is 0 Å². The lowest BCUT2D eigenvalue weighted by Gasteiger charge is -2.15. The molecule has 6 aromatic rings. The fraction of sp³-hybridized carbons (Fsp3) is 0.0882. The fourth-order valence-corrected chi connectivity index (χ4v) is 4.94. The summed E-state index contributed by atoms with van der Waals surface area (Å²) in [5, 5.41) is 4.96. The minimum absolute atomic E-state index is 0.424. The number of fused-ring (bicyclic) bond motifs is 3. The van der Waals surface area contributed by atoms with Crippen LogP contribution >= 0.6 is 0 Å². The summed E-state index contributed by atoms with van der Waals surface area (Å²) in [6.45, 7) is 4.51. The zero-order chi connectivity index (χ0) is 23.8. The molecule has 0 aliphatic heterocycles. The van der Waals surface area contributed by atoms with Gasteiger partial charge in [0.15, 0.2) is 0 Å². The summed E-state index contributed by atoms with van der Waals surface area (Å²) in [5.41, 5.74) is 8.45. The van der Waals surface area contributed by atoms with Gasteiger partial charge in [0, 0.05) is 17.1 Å². The van der Waals surface area contributed by atoms with Crippen LogP contribution in [0.5, 0.6) is 0 Å². The third kappa shape index (κ3) is 4.00. The molecule has 1 aromatic heterocycles. The molecule has 0 fully saturated rings. The van der Waals surface area contributed by atoms with Gasteiger partial charge in [-0.1, -0.05) is 111 Å². The molecule has 0 saturated heterocycles. The molecular formula is C34H27N. The van der Waals surface area contributed by atoms with Crippen molar-refractivity contribution < 1.29 is 0 Å². The Bertz CT molecular complexity index is 1640. The van der Waals surface area contributed by atoms with Crippen LogP contribution in [0.25, 0.3) is 55.1 Å². The van der Waals surface area contributed by atoms with E-state index in [1.54, 1.807) is 0 Å². The molecule has 0 bridgehead atoms. The van der Waals surface area contributed by atoms with Crippen molar-refractivity contribution in [2.75, 3.05) is 0 Å². The highest BCUT2D eigenvalue weighted by Gasteiger charge is 2.12. The Morgan fingerprint density at radius 2 is 1.14 bits per heavy atom. The average molecular weight is 450 g/mol. The Labute approximate surface area is 206 Å². The Hall–Kier alpha value is -4.23. The summed E-state index contributed by atoms with van der Waals surface area (Å²) in [6, 6.07) is 41.5. The van der Waals surface area contributed by atoms with Crippen LogP contribution in [0.2, 0.25) is 0 Å². The lowest BCUT2D eigenvalue weighted by atomic mass is 9.91. The van der Waals surface area contributed by atoms with Gasteiger partial charge in [0.05, 0.1) is 5.69 Å². The topological polar surface area (TPSA) is 12.9 Å². The summed E-state index contributed by atoms with van der Waals surface area (Å²) in [7, 11) is 0. The predicted octanol–water partition coefficient (Wildman–Crippen LogP) is 9.51. The van der Waals surface area contributed by atoms with Crippen LogP contribution in [0.15, 0.2) is 121 Å². The van der Waals surface area contributed by atoms with Crippen molar-refractivity contribution in [1.82, 2.24) is 4.98 Å². The van der Waals surface area contributed by atoms with Crippen molar-refractivity contribution in [2.24, 2.45) is 0 Å². The number of nitrogens with zero attached hydrogens (tertiary/aromatic N) is 1. The van der Waals surface area contributed by atoms with Crippen LogP contribution in [-0.2, 0) is 0 Å². The van der Waals surface area contributed by atoms with Crippen LogP contribution in [-0.4, -0.2) is 4.98 Å². The first-order valence-electron chi connectivity index (χ1n) is 12.2. The van der Waals surface area contributed by atoms with Crippen LogP contribution in [0.1, 0.15) is 25.3 Å². The molecule has 1 heteroatoms. The number of hydrogen-bond acceptors (Lipinski definition) is 1. The second-order valence-corrected chi connectivity index (χ2v) is 9.48. The fourth-order valence-electron chi connectivity index (χ4n) is 4.94. The van der Waals surface area contributed by atoms with Gasteiger partial charge in [-0.3, -0.25) is 4.98 Å². The quantitative estimate of drug-likeness (QED) is 0.244. The van der Waals surface area contributed by atoms with Gasteiger partial charge in [-0.05, 0) is 68.1 Å². The molecule has 0 aliphatic rings. The first-order chi connectivity index (χ1) is 17.2. The maximum Gasteiger partial charge on any atom is 0.0780 e. The van der Waals surface area contributed by atoms with Crippen LogP contribution in [0.4, 0.5) is 0 Å². The third-order valence-corrected chi connectivity index (χ3v) is 6.89. The molecule has 0 radical (unpaired) electrons. The molecule has 0 N–H and O–H groups in total. The Kier molecular flexibility index (Phi) is 5.39. The van der Waals surface area contributed by atoms with Crippen LogP contribution < -0.4 is 0 Å². The Balaban J connectivity index is 1.50. The maximum absolute atomic E-state index is 4.87. The smallest absolute Gasteiger partial charge is 0.0780 e. The molecule has 0 amide bonds. The summed E-state index contributed by atoms with van der Waals surface area (Å²) in [4.78, 5) is 4.87. The highest BCUT2D eigenvalue weighted by atomic mass is 14.7. The van der Waals surface area contributed by atoms with E-state index in [2.05, 4.69) is 129 Å². The number of benzene rings is 5. The molecule has 1 nitrogen and oxygen atoms in total. The van der Waals surface area contributed by atoms with E-state index in [-0.39, 0.29) is 0 Å². The van der Waals surface area contributed by atoms with Crippen molar-refractivity contribution in [3.05, 3.63) is 127 Å². The zero-order valence-electron chi connectivity index (χ0n) is 20.1. The predicted molar refractivity (Wildman–Crippen MR) is 150 cm³/mol. The second-order valence-electron chi connectivity index (χ2n) is 9.48. The summed E-state index contributed by atoms with van der Waals surface area (Å²) >= 11 is 0. The second kappa shape index (κ2) is 8.85. The van der Waals surface area contributed by atoms with E-state index in [9.17, 15) is 0 Å². The van der Waals surface area contributed by atoms with Gasteiger partial charge in [0.25, 0.3) is 0 Å². The summed E-state index contributed by atoms with van der Waals surface area (Å²) in [6.07, 6.45) is 1.94. The van der Waals surface area contributed by atoms with Crippen LogP contribution in [0.3, 0.4) is 0 Å². The van der Waals surface area contributed by atoms with Crippen molar-refractivity contribution in [1.29, 1.82) is 0 Å². The zero-order valence-corrected chi connectivity index (χ0v) is 20.1. The normalized spacial score (nSPS) is 11.4. The minimum Gasteiger partial charge on any atom is -0.256 e. The van der Waals surface area contributed by atoms with Gasteiger partial charge in [0.2, 0.25) is 0 Å². The van der Waals surface area contributed by atoms with E-state index in [0.717, 1.165) is 5.69 Å². The van der Waals surface area contributed by atoms with E-state index in [1.165, 1.54) is 54.9 Å². The van der Waals surface area contributed by atoms with Gasteiger partial charge in [0.1, 0.15) is 0 Å². The third-order valence-electron chi connectivity index (χ3n) is 6.89. The van der Waals surface area contributed by atoms with Gasteiger partial charge in [-0.15, -0.1) is 0 Å². The van der Waals surface area contributed by atoms with E-state index in [0.29, 0.717) is 5.92 Å². The van der Waals surface area contributed by atoms with E-state index >= 15 is 0 Å². The van der Waals surface area contributed by atoms with Gasteiger partial charge in [-0.25, -0.2) is 0 Å². The van der Waals surface area contributed by atoms with E-state index < -0.39 is 0 Å². The molecule has 0 unspecified atom stereocenters. The lowest BCUT2D eigenvalue weighted by molar-refractivity contribution is 0.867. The Morgan fingerprint density at radius 1 is 0.486 bits per heavy atom. The number of pyridine rings is 1. The first-order valence-corrected chi connectivity index (χ1v) is 12.2. The molecule has 0 atom stereocenters. The Morgan fingerprint density at radius 3 is 1.91 bits per heavy atom. The molecule has 168 valence electrons. The average Bonchev–Trinajstić information content (AvgIpc) is 2.93. The van der Waals surface area contributed by atoms with Crippen molar-refractivity contribution in [3.8, 4) is 33.5 Å². The van der Waals surface area contributed by atoms with Gasteiger partial charge in [-0.2, -0.15) is 0 Å². The molecule has 0 saturated carbocycles. The molecule has 35 heavy (non-hydrogen) atoms. The van der Waals surface area contributed by atoms with E-state index in [4.69, 9.17) is 4.98 Å². The SMILES string of the molecule is CC(C)c1cc(-c2ccc(-c3ccccc3)cc2)cc(-c2nccc3c2ccc2ccccc23)c1. The van der Waals surface area contributed by atoms with Crippen molar-refractivity contribution in [2.45, 2.75) is 19.8 Å². The number of aromatic nitrogens is 1. The highest BCUT2D eigenvalue weighted by molar-refractivity contribution is 6.11. The molecule has 0 spiro atoms. The monoisotopic (exact) mass is 449 g/mol. The standard InChI is InChI=1S/C34H27N/c1-23(2)28-20-29(26-14-12-25(13-15-26)24-8-4-3-5-9-24)22-30(21-28)34-33-17-16-27-10-6-7-11-31(27)32(33)18-19-35-34/h3-23H,1-2H3. The first kappa shape index (κ1) is 21.3. The lowest BCUT2D eigenvalue weighted by Crippen LogP contribution is -1.93. The number of hydrogen-bond donors (Lipinski definition) is 0. The van der Waals surface area contributed by atoms with E-state index in [1.807, 2.05) is 6.20 Å². The van der Waals surface area contributed by atoms with Crippen molar-refractivity contribution >= 4 is 21.5 Å². The molecule has 1 heterocycles. The summed E-state index contributed by atoms with van der Waals surface area (Å²) in [5.74, 6) is 0.424.